The van der Waals surface area contributed by atoms with Gasteiger partial charge in [-0.1, -0.05) is 23.8 Å². The molecule has 0 aromatic heterocycles. The number of aryl methyl sites for hydroxylation is 2. The Labute approximate surface area is 189 Å². The number of carbonyl (C=O) groups excluding carboxylic acids is 2. The first-order chi connectivity index (χ1) is 15.4. The van der Waals surface area contributed by atoms with Gasteiger partial charge in [0.2, 0.25) is 0 Å². The molecule has 7 heteroatoms. The fraction of sp³-hybridized carbons (Fsp3) is 0.360. The number of imide groups is 1. The Kier molecular flexibility index (Phi) is 7.53. The topological polar surface area (TPSA) is 77.1 Å². The summed E-state index contributed by atoms with van der Waals surface area (Å²) in [5.41, 5.74) is 3.97. The maximum absolute atomic E-state index is 13.3. The third kappa shape index (κ3) is 4.78. The van der Waals surface area contributed by atoms with E-state index < -0.39 is 0 Å². The Hall–Kier alpha value is -3.32. The van der Waals surface area contributed by atoms with E-state index >= 15 is 0 Å². The zero-order chi connectivity index (χ0) is 23.3. The Bertz CT molecular complexity index is 1040. The molecule has 0 radical (unpaired) electrons. The Balaban J connectivity index is 2.06. The van der Waals surface area contributed by atoms with Gasteiger partial charge in [0.15, 0.2) is 11.5 Å². The average molecular weight is 439 g/mol. The van der Waals surface area contributed by atoms with Crippen molar-refractivity contribution in [1.82, 2.24) is 4.90 Å². The summed E-state index contributed by atoms with van der Waals surface area (Å²) in [5.74, 6) is 0.478. The van der Waals surface area contributed by atoms with Crippen molar-refractivity contribution in [2.45, 2.75) is 27.7 Å². The van der Waals surface area contributed by atoms with Crippen LogP contribution in [0.2, 0.25) is 0 Å². The molecule has 1 aliphatic rings. The van der Waals surface area contributed by atoms with Crippen LogP contribution in [0.25, 0.3) is 5.57 Å². The van der Waals surface area contributed by atoms with E-state index in [0.29, 0.717) is 36.0 Å². The van der Waals surface area contributed by atoms with E-state index in [4.69, 9.17) is 14.2 Å². The summed E-state index contributed by atoms with van der Waals surface area (Å²) < 4.78 is 16.4. The highest BCUT2D eigenvalue weighted by molar-refractivity contribution is 6.36. The number of rotatable bonds is 10. The molecule has 0 unspecified atom stereocenters. The maximum Gasteiger partial charge on any atom is 0.278 e. The molecule has 2 aromatic rings. The minimum atomic E-state index is -0.381. The van der Waals surface area contributed by atoms with Crippen molar-refractivity contribution in [3.63, 3.8) is 0 Å². The predicted octanol–water partition coefficient (Wildman–Crippen LogP) is 3.94. The third-order valence-electron chi connectivity index (χ3n) is 5.15. The average Bonchev–Trinajstić information content (AvgIpc) is 2.98. The van der Waals surface area contributed by atoms with E-state index in [1.807, 2.05) is 45.9 Å². The number of benzene rings is 2. The standard InChI is InChI=1S/C25H30N2O5/c1-6-31-20-11-9-18(15-21(20)32-7-2)26-23-22(19-10-8-16(3)14-17(19)4)24(28)27(25(23)29)12-13-30-5/h8-11,14-15,26H,6-7,12-13H2,1-5H3. The molecular weight excluding hydrogens is 408 g/mol. The lowest BCUT2D eigenvalue weighted by atomic mass is 9.97. The van der Waals surface area contributed by atoms with E-state index in [1.54, 1.807) is 18.2 Å². The molecule has 0 bridgehead atoms. The molecule has 170 valence electrons. The highest BCUT2D eigenvalue weighted by atomic mass is 16.5. The number of hydrogen-bond donors (Lipinski definition) is 1. The normalized spacial score (nSPS) is 13.7. The highest BCUT2D eigenvalue weighted by Crippen LogP contribution is 2.35. The van der Waals surface area contributed by atoms with Crippen LogP contribution in [0.15, 0.2) is 42.1 Å². The number of carbonyl (C=O) groups is 2. The van der Waals surface area contributed by atoms with Gasteiger partial charge in [-0.3, -0.25) is 14.5 Å². The summed E-state index contributed by atoms with van der Waals surface area (Å²) in [4.78, 5) is 27.7. The van der Waals surface area contributed by atoms with Crippen LogP contribution in [0.1, 0.15) is 30.5 Å². The van der Waals surface area contributed by atoms with Gasteiger partial charge >= 0.3 is 0 Å². The first-order valence-corrected chi connectivity index (χ1v) is 10.7. The van der Waals surface area contributed by atoms with Crippen LogP contribution in [0.3, 0.4) is 0 Å². The third-order valence-corrected chi connectivity index (χ3v) is 5.15. The Morgan fingerprint density at radius 3 is 2.28 bits per heavy atom. The molecule has 32 heavy (non-hydrogen) atoms. The number of hydrogen-bond acceptors (Lipinski definition) is 6. The van der Waals surface area contributed by atoms with Crippen LogP contribution in [0, 0.1) is 13.8 Å². The molecule has 1 aliphatic heterocycles. The van der Waals surface area contributed by atoms with Crippen molar-refractivity contribution < 1.29 is 23.8 Å². The lowest BCUT2D eigenvalue weighted by molar-refractivity contribution is -0.137. The number of methoxy groups -OCH3 is 1. The van der Waals surface area contributed by atoms with Gasteiger partial charge in [0, 0.05) is 18.9 Å². The smallest absolute Gasteiger partial charge is 0.278 e. The van der Waals surface area contributed by atoms with Crippen LogP contribution in [0.4, 0.5) is 5.69 Å². The van der Waals surface area contributed by atoms with Crippen LogP contribution in [0.5, 0.6) is 11.5 Å². The van der Waals surface area contributed by atoms with Gasteiger partial charge in [0.25, 0.3) is 11.8 Å². The lowest BCUT2D eigenvalue weighted by Crippen LogP contribution is -2.35. The molecule has 1 heterocycles. The van der Waals surface area contributed by atoms with Crippen molar-refractivity contribution in [2.24, 2.45) is 0 Å². The van der Waals surface area contributed by atoms with Gasteiger partial charge in [0.05, 0.1) is 31.9 Å². The number of nitrogens with zero attached hydrogens (tertiary/aromatic N) is 1. The predicted molar refractivity (Wildman–Crippen MR) is 124 cm³/mol. The minimum absolute atomic E-state index is 0.182. The van der Waals surface area contributed by atoms with E-state index in [-0.39, 0.29) is 30.7 Å². The maximum atomic E-state index is 13.3. The summed E-state index contributed by atoms with van der Waals surface area (Å²) in [6.07, 6.45) is 0. The molecule has 0 aliphatic carbocycles. The molecule has 2 aromatic carbocycles. The molecular formula is C25H30N2O5. The molecule has 2 amide bonds. The molecule has 3 rings (SSSR count). The van der Waals surface area contributed by atoms with Crippen LogP contribution in [-0.2, 0) is 14.3 Å². The molecule has 7 nitrogen and oxygen atoms in total. The fourth-order valence-electron chi connectivity index (χ4n) is 3.69. The van der Waals surface area contributed by atoms with Crippen LogP contribution < -0.4 is 14.8 Å². The van der Waals surface area contributed by atoms with Crippen molar-refractivity contribution in [3.05, 3.63) is 58.8 Å². The quantitative estimate of drug-likeness (QED) is 0.566. The van der Waals surface area contributed by atoms with Crippen LogP contribution >= 0.6 is 0 Å². The molecule has 0 spiro atoms. The van der Waals surface area contributed by atoms with Gasteiger partial charge in [0.1, 0.15) is 5.70 Å². The zero-order valence-corrected chi connectivity index (χ0v) is 19.3. The largest absolute Gasteiger partial charge is 0.490 e. The number of ether oxygens (including phenoxy) is 3. The zero-order valence-electron chi connectivity index (χ0n) is 19.3. The van der Waals surface area contributed by atoms with Crippen molar-refractivity contribution >= 4 is 23.1 Å². The number of nitrogens with one attached hydrogen (secondary N) is 1. The Morgan fingerprint density at radius 2 is 1.62 bits per heavy atom. The highest BCUT2D eigenvalue weighted by Gasteiger charge is 2.39. The second kappa shape index (κ2) is 10.3. The van der Waals surface area contributed by atoms with Gasteiger partial charge in [-0.2, -0.15) is 0 Å². The minimum Gasteiger partial charge on any atom is -0.490 e. The summed E-state index contributed by atoms with van der Waals surface area (Å²) >= 11 is 0. The fourth-order valence-corrected chi connectivity index (χ4v) is 3.69. The SMILES string of the molecule is CCOc1ccc(NC2=C(c3ccc(C)cc3C)C(=O)N(CCOC)C2=O)cc1OCC. The summed E-state index contributed by atoms with van der Waals surface area (Å²) in [6.45, 7) is 9.16. The second-order valence-electron chi connectivity index (χ2n) is 7.48. The van der Waals surface area contributed by atoms with E-state index in [0.717, 1.165) is 16.7 Å². The molecule has 0 saturated carbocycles. The Morgan fingerprint density at radius 1 is 0.906 bits per heavy atom. The first-order valence-electron chi connectivity index (χ1n) is 10.7. The van der Waals surface area contributed by atoms with Gasteiger partial charge in [-0.05, 0) is 51.0 Å². The van der Waals surface area contributed by atoms with E-state index in [9.17, 15) is 9.59 Å². The molecule has 1 N–H and O–H groups in total. The van der Waals surface area contributed by atoms with Gasteiger partial charge < -0.3 is 19.5 Å². The molecule has 0 atom stereocenters. The van der Waals surface area contributed by atoms with Crippen molar-refractivity contribution in [2.75, 3.05) is 38.8 Å². The van der Waals surface area contributed by atoms with Crippen LogP contribution in [-0.4, -0.2) is 50.2 Å². The van der Waals surface area contributed by atoms with Crippen molar-refractivity contribution in [1.29, 1.82) is 0 Å². The summed E-state index contributed by atoms with van der Waals surface area (Å²) in [7, 11) is 1.54. The lowest BCUT2D eigenvalue weighted by Gasteiger charge is -2.15. The number of anilines is 1. The van der Waals surface area contributed by atoms with Crippen molar-refractivity contribution in [3.8, 4) is 11.5 Å². The van der Waals surface area contributed by atoms with Gasteiger partial charge in [-0.25, -0.2) is 0 Å². The summed E-state index contributed by atoms with van der Waals surface area (Å²) in [5, 5.41) is 3.18. The number of amides is 2. The van der Waals surface area contributed by atoms with Gasteiger partial charge in [-0.15, -0.1) is 0 Å². The monoisotopic (exact) mass is 438 g/mol. The molecule has 0 saturated heterocycles. The van der Waals surface area contributed by atoms with E-state index in [2.05, 4.69) is 5.32 Å². The summed E-state index contributed by atoms with van der Waals surface area (Å²) in [6, 6.07) is 11.2. The molecule has 0 fully saturated rings. The first kappa shape index (κ1) is 23.3. The second-order valence-corrected chi connectivity index (χ2v) is 7.48. The van der Waals surface area contributed by atoms with E-state index in [1.165, 1.54) is 12.0 Å².